The summed E-state index contributed by atoms with van der Waals surface area (Å²) in [5.74, 6) is 1.02. The Labute approximate surface area is 136 Å². The summed E-state index contributed by atoms with van der Waals surface area (Å²) in [6.07, 6.45) is 3.07. The Hall–Kier alpha value is -1.72. The second-order valence-electron chi connectivity index (χ2n) is 6.81. The van der Waals surface area contributed by atoms with Crippen LogP contribution in [0.15, 0.2) is 24.3 Å². The van der Waals surface area contributed by atoms with Crippen LogP contribution in [-0.4, -0.2) is 58.5 Å². The molecule has 0 amide bonds. The van der Waals surface area contributed by atoms with Crippen molar-refractivity contribution in [2.24, 2.45) is 0 Å². The maximum Gasteiger partial charge on any atom is 0.159 e. The summed E-state index contributed by atoms with van der Waals surface area (Å²) in [5, 5.41) is 21.0. The molecule has 2 aromatic rings. The summed E-state index contributed by atoms with van der Waals surface area (Å²) >= 11 is 0. The lowest BCUT2D eigenvalue weighted by Crippen LogP contribution is -2.44. The standard InChI is InChI=1S/C18H24N4O/c1-13-16-4-2-3-5-17(16)18(20-19-13)21-9-6-14(7-10-21)22-11-8-15(23)12-22/h2-5,14-15,23H,6-12H2,1H3. The number of aliphatic hydroxyl groups is 1. The molecule has 122 valence electrons. The van der Waals surface area contributed by atoms with Crippen molar-refractivity contribution < 1.29 is 5.11 Å². The number of aromatic nitrogens is 2. The van der Waals surface area contributed by atoms with Crippen LogP contribution < -0.4 is 4.90 Å². The fraction of sp³-hybridized carbons (Fsp3) is 0.556. The van der Waals surface area contributed by atoms with Crippen molar-refractivity contribution >= 4 is 16.6 Å². The SMILES string of the molecule is Cc1nnc(N2CCC(N3CCC(O)C3)CC2)c2ccccc12. The third-order valence-electron chi connectivity index (χ3n) is 5.33. The van der Waals surface area contributed by atoms with Gasteiger partial charge in [0.05, 0.1) is 11.8 Å². The summed E-state index contributed by atoms with van der Waals surface area (Å²) in [7, 11) is 0. The van der Waals surface area contributed by atoms with Gasteiger partial charge in [-0.05, 0) is 26.2 Å². The van der Waals surface area contributed by atoms with Gasteiger partial charge in [0.2, 0.25) is 0 Å². The molecular formula is C18H24N4O. The van der Waals surface area contributed by atoms with Gasteiger partial charge in [-0.2, -0.15) is 5.10 Å². The van der Waals surface area contributed by atoms with Crippen molar-refractivity contribution in [2.75, 3.05) is 31.1 Å². The molecule has 1 aromatic carbocycles. The van der Waals surface area contributed by atoms with Crippen LogP contribution in [0, 0.1) is 6.92 Å². The molecule has 4 rings (SSSR count). The first-order chi connectivity index (χ1) is 11.2. The maximum absolute atomic E-state index is 9.73. The lowest BCUT2D eigenvalue weighted by atomic mass is 10.0. The van der Waals surface area contributed by atoms with Gasteiger partial charge >= 0.3 is 0 Å². The van der Waals surface area contributed by atoms with Crippen molar-refractivity contribution in [3.8, 4) is 0 Å². The molecule has 1 N–H and O–H groups in total. The van der Waals surface area contributed by atoms with Crippen LogP contribution in [0.4, 0.5) is 5.82 Å². The molecular weight excluding hydrogens is 288 g/mol. The molecule has 5 nitrogen and oxygen atoms in total. The highest BCUT2D eigenvalue weighted by Gasteiger charge is 2.30. The molecule has 0 radical (unpaired) electrons. The quantitative estimate of drug-likeness (QED) is 0.919. The van der Waals surface area contributed by atoms with Gasteiger partial charge in [0.25, 0.3) is 0 Å². The maximum atomic E-state index is 9.73. The van der Waals surface area contributed by atoms with E-state index in [1.165, 1.54) is 10.8 Å². The van der Waals surface area contributed by atoms with E-state index in [0.29, 0.717) is 6.04 Å². The van der Waals surface area contributed by atoms with Crippen molar-refractivity contribution in [1.82, 2.24) is 15.1 Å². The summed E-state index contributed by atoms with van der Waals surface area (Å²) < 4.78 is 0. The Morgan fingerprint density at radius 2 is 1.74 bits per heavy atom. The zero-order valence-corrected chi connectivity index (χ0v) is 13.6. The fourth-order valence-corrected chi connectivity index (χ4v) is 4.00. The van der Waals surface area contributed by atoms with E-state index in [1.54, 1.807) is 0 Å². The van der Waals surface area contributed by atoms with Gasteiger partial charge < -0.3 is 10.0 Å². The normalized spacial score (nSPS) is 23.7. The Kier molecular flexibility index (Phi) is 3.91. The topological polar surface area (TPSA) is 52.5 Å². The molecule has 2 aliphatic heterocycles. The van der Waals surface area contributed by atoms with Crippen molar-refractivity contribution in [1.29, 1.82) is 0 Å². The minimum absolute atomic E-state index is 0.125. The first kappa shape index (κ1) is 14.8. The number of β-amino-alcohol motifs (C(OH)–C–C–N with tert-alkyl or cyclic N) is 1. The predicted octanol–water partition coefficient (Wildman–Crippen LogP) is 1.97. The smallest absolute Gasteiger partial charge is 0.159 e. The summed E-state index contributed by atoms with van der Waals surface area (Å²) in [6.45, 7) is 5.93. The Bertz CT molecular complexity index is 696. The molecule has 2 fully saturated rings. The molecule has 2 saturated heterocycles. The monoisotopic (exact) mass is 312 g/mol. The van der Waals surface area contributed by atoms with E-state index in [-0.39, 0.29) is 6.10 Å². The van der Waals surface area contributed by atoms with E-state index >= 15 is 0 Å². The summed E-state index contributed by atoms with van der Waals surface area (Å²) in [4.78, 5) is 4.83. The lowest BCUT2D eigenvalue weighted by molar-refractivity contribution is 0.148. The van der Waals surface area contributed by atoms with Gasteiger partial charge in [0.1, 0.15) is 0 Å². The summed E-state index contributed by atoms with van der Waals surface area (Å²) in [6, 6.07) is 9.01. The number of hydrogen-bond donors (Lipinski definition) is 1. The number of benzene rings is 1. The minimum atomic E-state index is -0.125. The molecule has 23 heavy (non-hydrogen) atoms. The van der Waals surface area contributed by atoms with E-state index < -0.39 is 0 Å². The third-order valence-corrected chi connectivity index (χ3v) is 5.33. The number of rotatable bonds is 2. The van der Waals surface area contributed by atoms with E-state index in [0.717, 1.165) is 57.0 Å². The van der Waals surface area contributed by atoms with E-state index in [2.05, 4.69) is 44.3 Å². The molecule has 1 unspecified atom stereocenters. The minimum Gasteiger partial charge on any atom is -0.392 e. The molecule has 0 spiro atoms. The average Bonchev–Trinajstić information content (AvgIpc) is 3.02. The zero-order valence-electron chi connectivity index (χ0n) is 13.6. The van der Waals surface area contributed by atoms with Crippen LogP contribution in [0.2, 0.25) is 0 Å². The molecule has 0 saturated carbocycles. The number of anilines is 1. The van der Waals surface area contributed by atoms with Crippen molar-refractivity contribution in [3.63, 3.8) is 0 Å². The molecule has 1 atom stereocenters. The molecule has 3 heterocycles. The van der Waals surface area contributed by atoms with Gasteiger partial charge in [0.15, 0.2) is 5.82 Å². The number of aryl methyl sites for hydroxylation is 1. The van der Waals surface area contributed by atoms with Crippen LogP contribution in [-0.2, 0) is 0 Å². The van der Waals surface area contributed by atoms with E-state index in [1.807, 2.05) is 6.92 Å². The third kappa shape index (κ3) is 2.79. The zero-order chi connectivity index (χ0) is 15.8. The van der Waals surface area contributed by atoms with Crippen LogP contribution in [0.3, 0.4) is 0 Å². The highest BCUT2D eigenvalue weighted by Crippen LogP contribution is 2.29. The van der Waals surface area contributed by atoms with Crippen LogP contribution in [0.25, 0.3) is 10.8 Å². The lowest BCUT2D eigenvalue weighted by Gasteiger charge is -2.37. The first-order valence-corrected chi connectivity index (χ1v) is 8.61. The van der Waals surface area contributed by atoms with E-state index in [4.69, 9.17) is 0 Å². The molecule has 2 aliphatic rings. The Balaban J connectivity index is 1.52. The van der Waals surface area contributed by atoms with E-state index in [9.17, 15) is 5.11 Å². The highest BCUT2D eigenvalue weighted by atomic mass is 16.3. The number of nitrogens with zero attached hydrogens (tertiary/aromatic N) is 4. The Morgan fingerprint density at radius 1 is 1.00 bits per heavy atom. The first-order valence-electron chi connectivity index (χ1n) is 8.61. The van der Waals surface area contributed by atoms with Gasteiger partial charge in [-0.3, -0.25) is 4.90 Å². The Morgan fingerprint density at radius 3 is 2.43 bits per heavy atom. The molecule has 1 aromatic heterocycles. The number of aliphatic hydroxyl groups excluding tert-OH is 1. The van der Waals surface area contributed by atoms with Gasteiger partial charge in [-0.25, -0.2) is 0 Å². The fourth-order valence-electron chi connectivity index (χ4n) is 4.00. The van der Waals surface area contributed by atoms with Crippen LogP contribution in [0.1, 0.15) is 25.0 Å². The van der Waals surface area contributed by atoms with Crippen LogP contribution >= 0.6 is 0 Å². The highest BCUT2D eigenvalue weighted by molar-refractivity contribution is 5.93. The van der Waals surface area contributed by atoms with Crippen LogP contribution in [0.5, 0.6) is 0 Å². The number of likely N-dealkylation sites (tertiary alicyclic amines) is 1. The second kappa shape index (κ2) is 6.06. The van der Waals surface area contributed by atoms with Gasteiger partial charge in [0, 0.05) is 43.0 Å². The molecule has 5 heteroatoms. The summed E-state index contributed by atoms with van der Waals surface area (Å²) in [5.41, 5.74) is 0.991. The largest absolute Gasteiger partial charge is 0.392 e. The number of fused-ring (bicyclic) bond motifs is 1. The number of hydrogen-bond acceptors (Lipinski definition) is 5. The van der Waals surface area contributed by atoms with Crippen molar-refractivity contribution in [3.05, 3.63) is 30.0 Å². The van der Waals surface area contributed by atoms with Crippen molar-refractivity contribution in [2.45, 2.75) is 38.3 Å². The van der Waals surface area contributed by atoms with Gasteiger partial charge in [-0.15, -0.1) is 5.10 Å². The average molecular weight is 312 g/mol. The number of piperidine rings is 1. The van der Waals surface area contributed by atoms with Gasteiger partial charge in [-0.1, -0.05) is 24.3 Å². The molecule has 0 aliphatic carbocycles. The second-order valence-corrected chi connectivity index (χ2v) is 6.81. The predicted molar refractivity (Wildman–Crippen MR) is 91.7 cm³/mol. The molecule has 0 bridgehead atoms.